The summed E-state index contributed by atoms with van der Waals surface area (Å²) >= 11 is 5.94. The molecule has 0 amide bonds. The van der Waals surface area contributed by atoms with E-state index in [2.05, 4.69) is 16.8 Å². The van der Waals surface area contributed by atoms with Gasteiger partial charge < -0.3 is 10.3 Å². The average Bonchev–Trinajstić information content (AvgIpc) is 2.57. The van der Waals surface area contributed by atoms with Gasteiger partial charge in [0.25, 0.3) is 0 Å². The summed E-state index contributed by atoms with van der Waals surface area (Å²) in [6, 6.07) is 8.04. The van der Waals surface area contributed by atoms with Crippen molar-refractivity contribution >= 4 is 22.5 Å². The van der Waals surface area contributed by atoms with Gasteiger partial charge in [-0.3, -0.25) is 0 Å². The van der Waals surface area contributed by atoms with Crippen LogP contribution in [-0.4, -0.2) is 11.1 Å². The van der Waals surface area contributed by atoms with Gasteiger partial charge >= 0.3 is 0 Å². The second-order valence-corrected chi connectivity index (χ2v) is 3.79. The molecule has 0 atom stereocenters. The molecule has 0 aliphatic carbocycles. The minimum absolute atomic E-state index is 0.722. The molecule has 2 aromatic rings. The van der Waals surface area contributed by atoms with Gasteiger partial charge in [-0.15, -0.1) is 0 Å². The Kier molecular flexibility index (Phi) is 2.75. The molecule has 2 N–H and O–H groups in total. The number of rotatable bonds is 3. The van der Waals surface area contributed by atoms with Crippen LogP contribution in [0.5, 0.6) is 0 Å². The molecule has 0 spiro atoms. The number of hydrogen-bond acceptors (Lipinski definition) is 1. The summed E-state index contributed by atoms with van der Waals surface area (Å²) in [5.41, 5.74) is 6.67. The number of halogens is 1. The fourth-order valence-electron chi connectivity index (χ4n) is 1.61. The van der Waals surface area contributed by atoms with Crippen molar-refractivity contribution in [3.63, 3.8) is 0 Å². The Morgan fingerprint density at radius 2 is 2.14 bits per heavy atom. The van der Waals surface area contributed by atoms with E-state index in [0.29, 0.717) is 0 Å². The summed E-state index contributed by atoms with van der Waals surface area (Å²) in [4.78, 5) is 0. The van der Waals surface area contributed by atoms with E-state index in [4.69, 9.17) is 17.3 Å². The zero-order chi connectivity index (χ0) is 9.97. The summed E-state index contributed by atoms with van der Waals surface area (Å²) in [6.45, 7) is 1.68. The van der Waals surface area contributed by atoms with Crippen LogP contribution in [0.1, 0.15) is 6.42 Å². The zero-order valence-electron chi connectivity index (χ0n) is 7.91. The van der Waals surface area contributed by atoms with Gasteiger partial charge in [0.15, 0.2) is 0 Å². The quantitative estimate of drug-likeness (QED) is 0.826. The molecule has 2 rings (SSSR count). The largest absolute Gasteiger partial charge is 0.347 e. The molecular weight excluding hydrogens is 196 g/mol. The minimum atomic E-state index is 0.722. The highest BCUT2D eigenvalue weighted by Gasteiger charge is 2.00. The lowest BCUT2D eigenvalue weighted by atomic mass is 10.2. The molecule has 0 saturated carbocycles. The van der Waals surface area contributed by atoms with Crippen molar-refractivity contribution in [3.8, 4) is 0 Å². The van der Waals surface area contributed by atoms with Crippen molar-refractivity contribution in [2.45, 2.75) is 13.0 Å². The fourth-order valence-corrected chi connectivity index (χ4v) is 1.78. The number of fused-ring (bicyclic) bond motifs is 1. The normalized spacial score (nSPS) is 11.0. The van der Waals surface area contributed by atoms with Crippen LogP contribution >= 0.6 is 11.6 Å². The highest BCUT2D eigenvalue weighted by Crippen LogP contribution is 2.20. The Labute approximate surface area is 88.3 Å². The lowest BCUT2D eigenvalue weighted by Gasteiger charge is -2.03. The summed E-state index contributed by atoms with van der Waals surface area (Å²) in [5, 5.41) is 2.01. The average molecular weight is 209 g/mol. The molecule has 1 heterocycles. The maximum Gasteiger partial charge on any atom is 0.0495 e. The van der Waals surface area contributed by atoms with Gasteiger partial charge in [0.1, 0.15) is 0 Å². The highest BCUT2D eigenvalue weighted by atomic mass is 35.5. The zero-order valence-corrected chi connectivity index (χ0v) is 8.67. The van der Waals surface area contributed by atoms with Crippen LogP contribution in [0.3, 0.4) is 0 Å². The topological polar surface area (TPSA) is 30.9 Å². The number of nitrogens with zero attached hydrogens (tertiary/aromatic N) is 1. The molecule has 2 nitrogen and oxygen atoms in total. The third-order valence-electron chi connectivity index (χ3n) is 2.34. The van der Waals surface area contributed by atoms with Crippen LogP contribution in [-0.2, 0) is 6.54 Å². The summed E-state index contributed by atoms with van der Waals surface area (Å²) in [7, 11) is 0. The van der Waals surface area contributed by atoms with Crippen molar-refractivity contribution in [1.29, 1.82) is 0 Å². The molecule has 0 saturated heterocycles. The summed E-state index contributed by atoms with van der Waals surface area (Å²) in [5.74, 6) is 0. The predicted molar refractivity (Wildman–Crippen MR) is 60.6 cm³/mol. The first-order valence-electron chi connectivity index (χ1n) is 4.76. The fraction of sp³-hybridized carbons (Fsp3) is 0.273. The Bertz CT molecular complexity index is 434. The van der Waals surface area contributed by atoms with E-state index in [0.717, 1.165) is 24.5 Å². The maximum absolute atomic E-state index is 5.94. The molecule has 0 fully saturated rings. The van der Waals surface area contributed by atoms with E-state index in [1.54, 1.807) is 0 Å². The third-order valence-corrected chi connectivity index (χ3v) is 2.57. The van der Waals surface area contributed by atoms with E-state index >= 15 is 0 Å². The van der Waals surface area contributed by atoms with Crippen LogP contribution in [0.25, 0.3) is 10.9 Å². The molecule has 1 aromatic heterocycles. The Morgan fingerprint density at radius 3 is 2.93 bits per heavy atom. The van der Waals surface area contributed by atoms with Gasteiger partial charge in [-0.2, -0.15) is 0 Å². The molecule has 0 unspecified atom stereocenters. The number of aryl methyl sites for hydroxylation is 1. The minimum Gasteiger partial charge on any atom is -0.347 e. The third kappa shape index (κ3) is 1.76. The van der Waals surface area contributed by atoms with Gasteiger partial charge in [0.2, 0.25) is 0 Å². The van der Waals surface area contributed by atoms with Crippen molar-refractivity contribution in [1.82, 2.24) is 4.57 Å². The van der Waals surface area contributed by atoms with Gasteiger partial charge in [-0.25, -0.2) is 0 Å². The van der Waals surface area contributed by atoms with Crippen LogP contribution < -0.4 is 5.73 Å². The van der Waals surface area contributed by atoms with Gasteiger partial charge in [-0.05, 0) is 36.6 Å². The van der Waals surface area contributed by atoms with Crippen molar-refractivity contribution in [2.75, 3.05) is 6.54 Å². The number of aromatic nitrogens is 1. The van der Waals surface area contributed by atoms with E-state index in [1.807, 2.05) is 18.2 Å². The molecule has 0 radical (unpaired) electrons. The highest BCUT2D eigenvalue weighted by molar-refractivity contribution is 6.31. The number of benzene rings is 1. The number of nitrogens with two attached hydrogens (primary N) is 1. The Balaban J connectivity index is 2.40. The van der Waals surface area contributed by atoms with Crippen LogP contribution in [0.15, 0.2) is 30.5 Å². The SMILES string of the molecule is NCCCn1ccc2ccc(Cl)cc21. The first-order valence-corrected chi connectivity index (χ1v) is 5.13. The van der Waals surface area contributed by atoms with Gasteiger partial charge in [-0.1, -0.05) is 17.7 Å². The molecule has 74 valence electrons. The number of hydrogen-bond donors (Lipinski definition) is 1. The van der Waals surface area contributed by atoms with E-state index in [9.17, 15) is 0 Å². The lowest BCUT2D eigenvalue weighted by molar-refractivity contribution is 0.671. The second kappa shape index (κ2) is 4.03. The molecule has 0 bridgehead atoms. The maximum atomic E-state index is 5.94. The van der Waals surface area contributed by atoms with E-state index < -0.39 is 0 Å². The molecule has 14 heavy (non-hydrogen) atoms. The molecular formula is C11H13ClN2. The predicted octanol–water partition coefficient (Wildman–Crippen LogP) is 2.64. The Hall–Kier alpha value is -0.990. The van der Waals surface area contributed by atoms with Gasteiger partial charge in [0, 0.05) is 23.3 Å². The van der Waals surface area contributed by atoms with E-state index in [1.165, 1.54) is 10.9 Å². The first-order chi connectivity index (χ1) is 6.81. The second-order valence-electron chi connectivity index (χ2n) is 3.35. The van der Waals surface area contributed by atoms with Crippen molar-refractivity contribution < 1.29 is 0 Å². The molecule has 3 heteroatoms. The van der Waals surface area contributed by atoms with Crippen LogP contribution in [0.4, 0.5) is 0 Å². The van der Waals surface area contributed by atoms with E-state index in [-0.39, 0.29) is 0 Å². The molecule has 1 aromatic carbocycles. The standard InChI is InChI=1S/C11H13ClN2/c12-10-3-2-9-4-7-14(6-1-5-13)11(9)8-10/h2-4,7-8H,1,5-6,13H2. The summed E-state index contributed by atoms with van der Waals surface area (Å²) < 4.78 is 2.19. The van der Waals surface area contributed by atoms with Crippen LogP contribution in [0, 0.1) is 0 Å². The Morgan fingerprint density at radius 1 is 1.29 bits per heavy atom. The van der Waals surface area contributed by atoms with Crippen molar-refractivity contribution in [2.24, 2.45) is 5.73 Å². The smallest absolute Gasteiger partial charge is 0.0495 e. The monoisotopic (exact) mass is 208 g/mol. The van der Waals surface area contributed by atoms with Gasteiger partial charge in [0.05, 0.1) is 0 Å². The van der Waals surface area contributed by atoms with Crippen molar-refractivity contribution in [3.05, 3.63) is 35.5 Å². The van der Waals surface area contributed by atoms with Crippen LogP contribution in [0.2, 0.25) is 5.02 Å². The summed E-state index contributed by atoms with van der Waals surface area (Å²) in [6.07, 6.45) is 3.08. The lowest BCUT2D eigenvalue weighted by Crippen LogP contribution is -2.04. The molecule has 0 aliphatic heterocycles. The first kappa shape index (κ1) is 9.56. The molecule has 0 aliphatic rings.